The smallest absolute Gasteiger partial charge is 0.293 e. The van der Waals surface area contributed by atoms with E-state index in [1.807, 2.05) is 30.3 Å². The molecule has 0 aliphatic heterocycles. The summed E-state index contributed by atoms with van der Waals surface area (Å²) in [5.41, 5.74) is 0.717. The van der Waals surface area contributed by atoms with Gasteiger partial charge in [-0.05, 0) is 12.1 Å². The summed E-state index contributed by atoms with van der Waals surface area (Å²) in [5, 5.41) is 2.97. The molecule has 0 radical (unpaired) electrons. The number of para-hydroxylation sites is 1. The Morgan fingerprint density at radius 3 is 2.73 bits per heavy atom. The average molecular weight is 201 g/mol. The zero-order valence-electron chi connectivity index (χ0n) is 8.34. The van der Waals surface area contributed by atoms with E-state index in [1.165, 1.54) is 4.57 Å². The Labute approximate surface area is 87.2 Å². The van der Waals surface area contributed by atoms with E-state index in [0.717, 1.165) is 5.69 Å². The highest BCUT2D eigenvalue weighted by Crippen LogP contribution is 2.09. The van der Waals surface area contributed by atoms with Crippen molar-refractivity contribution in [3.8, 4) is 0 Å². The summed E-state index contributed by atoms with van der Waals surface area (Å²) >= 11 is 0. The number of nitrogens with one attached hydrogen (secondary N) is 1. The van der Waals surface area contributed by atoms with E-state index < -0.39 is 0 Å². The van der Waals surface area contributed by atoms with Crippen LogP contribution in [0.15, 0.2) is 47.5 Å². The van der Waals surface area contributed by atoms with Crippen LogP contribution in [0.1, 0.15) is 0 Å². The van der Waals surface area contributed by atoms with Crippen LogP contribution in [0.2, 0.25) is 0 Å². The molecule has 1 heterocycles. The zero-order chi connectivity index (χ0) is 10.7. The highest BCUT2D eigenvalue weighted by atomic mass is 16.1. The first-order valence-electron chi connectivity index (χ1n) is 4.61. The maximum atomic E-state index is 11.6. The van der Waals surface area contributed by atoms with Crippen LogP contribution in [0.5, 0.6) is 0 Å². The van der Waals surface area contributed by atoms with Gasteiger partial charge in [-0.25, -0.2) is 4.98 Å². The maximum Gasteiger partial charge on any atom is 0.293 e. The number of nitrogens with zero attached hydrogens (tertiary/aromatic N) is 2. The molecule has 0 aliphatic carbocycles. The monoisotopic (exact) mass is 201 g/mol. The molecule has 0 amide bonds. The lowest BCUT2D eigenvalue weighted by atomic mass is 10.3. The highest BCUT2D eigenvalue weighted by Gasteiger charge is 2.01. The van der Waals surface area contributed by atoms with Crippen molar-refractivity contribution < 1.29 is 0 Å². The van der Waals surface area contributed by atoms with Crippen LogP contribution < -0.4 is 10.9 Å². The Hall–Kier alpha value is -2.10. The van der Waals surface area contributed by atoms with E-state index in [-0.39, 0.29) is 5.56 Å². The number of benzene rings is 1. The van der Waals surface area contributed by atoms with Crippen molar-refractivity contribution in [2.75, 3.05) is 5.32 Å². The predicted octanol–water partition coefficient (Wildman–Crippen LogP) is 1.52. The van der Waals surface area contributed by atoms with E-state index in [1.54, 1.807) is 19.4 Å². The SMILES string of the molecule is Cn1ccnc(Nc2ccccc2)c1=O. The quantitative estimate of drug-likeness (QED) is 0.801. The molecule has 1 aromatic heterocycles. The lowest BCUT2D eigenvalue weighted by Gasteiger charge is -2.05. The fourth-order valence-corrected chi connectivity index (χ4v) is 1.24. The molecule has 1 aromatic carbocycles. The molecule has 4 heteroatoms. The molecule has 0 saturated carbocycles. The van der Waals surface area contributed by atoms with Crippen LogP contribution in [0.25, 0.3) is 0 Å². The van der Waals surface area contributed by atoms with Gasteiger partial charge in [0.05, 0.1) is 0 Å². The van der Waals surface area contributed by atoms with Gasteiger partial charge in [-0.15, -0.1) is 0 Å². The van der Waals surface area contributed by atoms with Crippen LogP contribution >= 0.6 is 0 Å². The van der Waals surface area contributed by atoms with Crippen molar-refractivity contribution in [1.29, 1.82) is 0 Å². The molecule has 15 heavy (non-hydrogen) atoms. The van der Waals surface area contributed by atoms with Crippen molar-refractivity contribution in [3.05, 3.63) is 53.1 Å². The van der Waals surface area contributed by atoms with Crippen molar-refractivity contribution in [1.82, 2.24) is 9.55 Å². The van der Waals surface area contributed by atoms with Gasteiger partial charge < -0.3 is 9.88 Å². The Morgan fingerprint density at radius 2 is 2.00 bits per heavy atom. The van der Waals surface area contributed by atoms with Gasteiger partial charge in [0.2, 0.25) is 0 Å². The fourth-order valence-electron chi connectivity index (χ4n) is 1.24. The van der Waals surface area contributed by atoms with Crippen LogP contribution in [0.4, 0.5) is 11.5 Å². The molecule has 0 saturated heterocycles. The second kappa shape index (κ2) is 3.96. The van der Waals surface area contributed by atoms with Crippen LogP contribution in [0.3, 0.4) is 0 Å². The molecule has 0 bridgehead atoms. The van der Waals surface area contributed by atoms with Gasteiger partial charge in [-0.3, -0.25) is 4.79 Å². The number of hydrogen-bond donors (Lipinski definition) is 1. The van der Waals surface area contributed by atoms with Crippen molar-refractivity contribution in [3.63, 3.8) is 0 Å². The molecule has 0 spiro atoms. The summed E-state index contributed by atoms with van der Waals surface area (Å²) < 4.78 is 1.48. The second-order valence-corrected chi connectivity index (χ2v) is 3.18. The van der Waals surface area contributed by atoms with Crippen LogP contribution in [-0.4, -0.2) is 9.55 Å². The predicted molar refractivity (Wildman–Crippen MR) is 59.2 cm³/mol. The van der Waals surface area contributed by atoms with Gasteiger partial charge in [-0.1, -0.05) is 18.2 Å². The Balaban J connectivity index is 2.33. The maximum absolute atomic E-state index is 11.6. The molecule has 0 atom stereocenters. The molecule has 1 N–H and O–H groups in total. The summed E-state index contributed by atoms with van der Waals surface area (Å²) in [6.07, 6.45) is 3.21. The van der Waals surface area contributed by atoms with Gasteiger partial charge in [0.25, 0.3) is 5.56 Å². The number of aryl methyl sites for hydroxylation is 1. The van der Waals surface area contributed by atoms with Crippen LogP contribution in [0, 0.1) is 0 Å². The lowest BCUT2D eigenvalue weighted by Crippen LogP contribution is -2.20. The molecule has 76 valence electrons. The van der Waals surface area contributed by atoms with E-state index in [0.29, 0.717) is 5.82 Å². The average Bonchev–Trinajstić information content (AvgIpc) is 2.26. The van der Waals surface area contributed by atoms with Crippen molar-refractivity contribution >= 4 is 11.5 Å². The van der Waals surface area contributed by atoms with Gasteiger partial charge in [-0.2, -0.15) is 0 Å². The van der Waals surface area contributed by atoms with E-state index in [9.17, 15) is 4.79 Å². The summed E-state index contributed by atoms with van der Waals surface area (Å²) in [6, 6.07) is 9.48. The van der Waals surface area contributed by atoms with Gasteiger partial charge >= 0.3 is 0 Å². The van der Waals surface area contributed by atoms with Crippen molar-refractivity contribution in [2.24, 2.45) is 7.05 Å². The molecule has 2 rings (SSSR count). The van der Waals surface area contributed by atoms with E-state index in [4.69, 9.17) is 0 Å². The van der Waals surface area contributed by atoms with Crippen molar-refractivity contribution in [2.45, 2.75) is 0 Å². The summed E-state index contributed by atoms with van der Waals surface area (Å²) in [5.74, 6) is 0.339. The molecular formula is C11H11N3O. The summed E-state index contributed by atoms with van der Waals surface area (Å²) in [6.45, 7) is 0. The minimum Gasteiger partial charge on any atom is -0.336 e. The van der Waals surface area contributed by atoms with Gasteiger partial charge in [0.1, 0.15) is 0 Å². The summed E-state index contributed by atoms with van der Waals surface area (Å²) in [4.78, 5) is 15.6. The fraction of sp³-hybridized carbons (Fsp3) is 0.0909. The molecule has 0 aliphatic rings. The standard InChI is InChI=1S/C11H11N3O/c1-14-8-7-12-10(11(14)15)13-9-5-3-2-4-6-9/h2-8H,1H3,(H,12,13). The molecule has 2 aromatic rings. The first kappa shape index (κ1) is 9.45. The Morgan fingerprint density at radius 1 is 1.27 bits per heavy atom. The van der Waals surface area contributed by atoms with E-state index in [2.05, 4.69) is 10.3 Å². The largest absolute Gasteiger partial charge is 0.336 e. The van der Waals surface area contributed by atoms with Crippen LogP contribution in [-0.2, 0) is 7.05 Å². The Kier molecular flexibility index (Phi) is 2.49. The minimum atomic E-state index is -0.138. The second-order valence-electron chi connectivity index (χ2n) is 3.18. The normalized spacial score (nSPS) is 9.93. The third-order valence-corrected chi connectivity index (χ3v) is 2.05. The topological polar surface area (TPSA) is 46.9 Å². The highest BCUT2D eigenvalue weighted by molar-refractivity contribution is 5.54. The first-order valence-corrected chi connectivity index (χ1v) is 4.61. The summed E-state index contributed by atoms with van der Waals surface area (Å²) in [7, 11) is 1.69. The molecule has 0 fully saturated rings. The van der Waals surface area contributed by atoms with Gasteiger partial charge in [0.15, 0.2) is 5.82 Å². The molecular weight excluding hydrogens is 190 g/mol. The number of hydrogen-bond acceptors (Lipinski definition) is 3. The Bertz CT molecular complexity index is 505. The lowest BCUT2D eigenvalue weighted by molar-refractivity contribution is 0.845. The minimum absolute atomic E-state index is 0.138. The molecule has 4 nitrogen and oxygen atoms in total. The zero-order valence-corrected chi connectivity index (χ0v) is 8.34. The molecule has 0 unspecified atom stereocenters. The van der Waals surface area contributed by atoms with E-state index >= 15 is 0 Å². The number of anilines is 2. The number of aromatic nitrogens is 2. The third-order valence-electron chi connectivity index (χ3n) is 2.05. The van der Waals surface area contributed by atoms with Gasteiger partial charge in [0, 0.05) is 25.1 Å². The number of rotatable bonds is 2. The first-order chi connectivity index (χ1) is 7.27. The third kappa shape index (κ3) is 2.04.